The third-order valence-electron chi connectivity index (χ3n) is 14.5. The summed E-state index contributed by atoms with van der Waals surface area (Å²) in [7, 11) is 1.47. The fourth-order valence-electron chi connectivity index (χ4n) is 9.44. The molecule has 0 heterocycles. The van der Waals surface area contributed by atoms with Crippen LogP contribution in [0.1, 0.15) is 290 Å². The van der Waals surface area contributed by atoms with E-state index in [2.05, 4.69) is 38.2 Å². The predicted octanol–water partition coefficient (Wildman–Crippen LogP) is 20.6. The maximum atomic E-state index is 13.6. The van der Waals surface area contributed by atoms with Gasteiger partial charge in [0.25, 0.3) is 0 Å². The lowest BCUT2D eigenvalue weighted by atomic mass is 10.0. The summed E-state index contributed by atoms with van der Waals surface area (Å²) in [5.74, 6) is -0.551. The molecular formula is C69H126N2O7P+. The Labute approximate surface area is 488 Å². The number of rotatable bonds is 59. The molecule has 458 valence electrons. The van der Waals surface area contributed by atoms with Crippen LogP contribution in [0.2, 0.25) is 0 Å². The zero-order valence-electron chi connectivity index (χ0n) is 52.3. The fourth-order valence-corrected chi connectivity index (χ4v) is 10.2. The topological polar surface area (TPSA) is 111 Å². The first-order valence-electron chi connectivity index (χ1n) is 33.0. The maximum Gasteiger partial charge on any atom is 0.472 e. The van der Waals surface area contributed by atoms with Crippen LogP contribution >= 0.6 is 7.82 Å². The molecule has 3 unspecified atom stereocenters. The first-order chi connectivity index (χ1) is 38.4. The van der Waals surface area contributed by atoms with Crippen LogP contribution in [0.4, 0.5) is 0 Å². The number of ether oxygens (including phenoxy) is 1. The number of likely N-dealkylation sites (N-methyl/N-ethyl adjacent to an activating group) is 1. The van der Waals surface area contributed by atoms with Crippen molar-refractivity contribution in [2.45, 2.75) is 303 Å². The van der Waals surface area contributed by atoms with Gasteiger partial charge in [0.05, 0.1) is 33.8 Å². The van der Waals surface area contributed by atoms with Gasteiger partial charge in [0.1, 0.15) is 19.3 Å². The number of unbranched alkanes of at least 4 members (excludes halogenated alkanes) is 36. The first-order valence-corrected chi connectivity index (χ1v) is 34.5. The Balaban J connectivity index is 5.11. The molecule has 0 radical (unpaired) electrons. The van der Waals surface area contributed by atoms with Crippen LogP contribution in [-0.2, 0) is 27.9 Å². The number of hydrogen-bond donors (Lipinski definition) is 2. The van der Waals surface area contributed by atoms with Gasteiger partial charge in [-0.2, -0.15) is 0 Å². The van der Waals surface area contributed by atoms with Gasteiger partial charge in [0, 0.05) is 12.8 Å². The van der Waals surface area contributed by atoms with Gasteiger partial charge < -0.3 is 19.4 Å². The first kappa shape index (κ1) is 76.2. The van der Waals surface area contributed by atoms with Gasteiger partial charge in [-0.05, 0) is 51.0 Å². The second kappa shape index (κ2) is 58.4. The highest BCUT2D eigenvalue weighted by Gasteiger charge is 2.30. The number of phosphoric ester groups is 1. The molecule has 0 aromatic carbocycles. The van der Waals surface area contributed by atoms with Crippen LogP contribution in [0.15, 0.2) is 85.1 Å². The highest BCUT2D eigenvalue weighted by molar-refractivity contribution is 7.47. The van der Waals surface area contributed by atoms with Gasteiger partial charge >= 0.3 is 13.8 Å². The van der Waals surface area contributed by atoms with Crippen LogP contribution in [0.25, 0.3) is 0 Å². The summed E-state index contributed by atoms with van der Waals surface area (Å²) in [6, 6.07) is -0.869. The minimum atomic E-state index is -4.46. The molecule has 1 amide bonds. The molecule has 0 aliphatic heterocycles. The molecule has 0 spiro atoms. The smallest absolute Gasteiger partial charge is 0.456 e. The average Bonchev–Trinajstić information content (AvgIpc) is 3.41. The van der Waals surface area contributed by atoms with E-state index in [-0.39, 0.29) is 31.5 Å². The number of esters is 1. The summed E-state index contributed by atoms with van der Waals surface area (Å²) in [4.78, 5) is 37.7. The minimum absolute atomic E-state index is 0.0303. The molecule has 2 N–H and O–H groups in total. The summed E-state index contributed by atoms with van der Waals surface area (Å²) < 4.78 is 30.7. The van der Waals surface area contributed by atoms with Crippen LogP contribution in [0.5, 0.6) is 0 Å². The van der Waals surface area contributed by atoms with Gasteiger partial charge in [-0.3, -0.25) is 18.6 Å². The molecule has 9 nitrogen and oxygen atoms in total. The number of quaternary nitrogens is 1. The third-order valence-corrected chi connectivity index (χ3v) is 15.5. The number of carbonyl (C=O) groups excluding carboxylic acids is 2. The van der Waals surface area contributed by atoms with E-state index in [1.807, 2.05) is 94.1 Å². The molecule has 0 aromatic rings. The van der Waals surface area contributed by atoms with Crippen molar-refractivity contribution in [1.29, 1.82) is 0 Å². The van der Waals surface area contributed by atoms with Gasteiger partial charge in [-0.1, -0.05) is 312 Å². The quantitative estimate of drug-likeness (QED) is 0.0156. The Morgan fingerprint density at radius 3 is 1.23 bits per heavy atom. The molecule has 0 rings (SSSR count). The molecule has 0 aromatic heterocycles. The fraction of sp³-hybridized carbons (Fsp3) is 0.768. The van der Waals surface area contributed by atoms with E-state index in [0.29, 0.717) is 23.9 Å². The molecule has 79 heavy (non-hydrogen) atoms. The second-order valence-electron chi connectivity index (χ2n) is 23.4. The lowest BCUT2D eigenvalue weighted by molar-refractivity contribution is -0.870. The molecule has 0 aliphatic carbocycles. The number of hydrogen-bond acceptors (Lipinski definition) is 6. The lowest BCUT2D eigenvalue weighted by Gasteiger charge is -2.27. The Bertz CT molecular complexity index is 1630. The summed E-state index contributed by atoms with van der Waals surface area (Å²) >= 11 is 0. The molecule has 0 fully saturated rings. The molecule has 10 heteroatoms. The predicted molar refractivity (Wildman–Crippen MR) is 341 cm³/mol. The largest absolute Gasteiger partial charge is 0.472 e. The van der Waals surface area contributed by atoms with Crippen molar-refractivity contribution in [3.63, 3.8) is 0 Å². The van der Waals surface area contributed by atoms with Gasteiger partial charge in [-0.15, -0.1) is 0 Å². The average molecular weight is 1130 g/mol. The van der Waals surface area contributed by atoms with E-state index in [1.165, 1.54) is 186 Å². The van der Waals surface area contributed by atoms with Crippen molar-refractivity contribution in [3.8, 4) is 0 Å². The van der Waals surface area contributed by atoms with Crippen LogP contribution in [0, 0.1) is 0 Å². The monoisotopic (exact) mass is 1130 g/mol. The Morgan fingerprint density at radius 1 is 0.456 bits per heavy atom. The number of phosphoric acid groups is 1. The standard InChI is InChI=1S/C69H125N2O7P/c1-7-10-13-16-19-22-25-27-29-31-32-33-34-35-36-37-38-40-41-43-46-49-52-55-58-61-68(72)70-66(65-77-79(74,75)76-64-63-71(4,5)6)67(60-57-54-51-48-45-24-21-18-15-12-9-3)78-69(73)62-59-56-53-50-47-44-42-39-30-28-26-23-20-17-14-11-8-2/h11,14,17,20,23,26,28,30,39,42,44,47,57,60,66-67H,7-10,12-13,15-16,18-19,21-22,24-25,27,29,31-38,40-41,43,45-46,48-56,58-59,61-65H2,1-6H3,(H-,70,72,74,75)/p+1/b14-11-,20-17+,26-23+,30-28-,42-39+,47-44+,60-57-. The van der Waals surface area contributed by atoms with E-state index in [9.17, 15) is 19.0 Å². The zero-order valence-corrected chi connectivity index (χ0v) is 53.2. The Morgan fingerprint density at radius 2 is 0.810 bits per heavy atom. The number of allylic oxidation sites excluding steroid dienone is 13. The van der Waals surface area contributed by atoms with E-state index in [1.54, 1.807) is 0 Å². The third kappa shape index (κ3) is 59.6. The van der Waals surface area contributed by atoms with Gasteiger partial charge in [0.15, 0.2) is 0 Å². The molecule has 0 aliphatic rings. The number of nitrogens with one attached hydrogen (secondary N) is 1. The van der Waals surface area contributed by atoms with Gasteiger partial charge in [0.2, 0.25) is 5.91 Å². The minimum Gasteiger partial charge on any atom is -0.456 e. The van der Waals surface area contributed by atoms with E-state index >= 15 is 0 Å². The van der Waals surface area contributed by atoms with E-state index < -0.39 is 20.0 Å². The Kier molecular flexibility index (Phi) is 56.3. The lowest BCUT2D eigenvalue weighted by Crippen LogP contribution is -2.47. The molecule has 0 saturated carbocycles. The second-order valence-corrected chi connectivity index (χ2v) is 24.9. The van der Waals surface area contributed by atoms with Crippen molar-refractivity contribution >= 4 is 19.7 Å². The molecule has 3 atom stereocenters. The van der Waals surface area contributed by atoms with E-state index in [0.717, 1.165) is 64.2 Å². The van der Waals surface area contributed by atoms with Crippen molar-refractivity contribution in [1.82, 2.24) is 5.32 Å². The molecular weight excluding hydrogens is 1000 g/mol. The van der Waals surface area contributed by atoms with Crippen LogP contribution < -0.4 is 5.32 Å². The van der Waals surface area contributed by atoms with Crippen molar-refractivity contribution < 1.29 is 37.3 Å². The molecule has 0 bridgehead atoms. The van der Waals surface area contributed by atoms with Crippen LogP contribution in [-0.4, -0.2) is 74.3 Å². The molecule has 0 saturated heterocycles. The highest BCUT2D eigenvalue weighted by Crippen LogP contribution is 2.43. The highest BCUT2D eigenvalue weighted by atomic mass is 31.2. The number of nitrogens with zero attached hydrogens (tertiary/aromatic N) is 1. The van der Waals surface area contributed by atoms with Crippen LogP contribution in [0.3, 0.4) is 0 Å². The summed E-state index contributed by atoms with van der Waals surface area (Å²) in [6.45, 7) is 6.85. The summed E-state index contributed by atoms with van der Waals surface area (Å²) in [5, 5.41) is 3.05. The van der Waals surface area contributed by atoms with Crippen molar-refractivity contribution in [3.05, 3.63) is 85.1 Å². The number of amides is 1. The Hall–Kier alpha value is -2.81. The van der Waals surface area contributed by atoms with Crippen molar-refractivity contribution in [2.75, 3.05) is 40.9 Å². The summed E-state index contributed by atoms with van der Waals surface area (Å²) in [6.07, 6.45) is 77.4. The normalized spacial score (nSPS) is 14.2. The van der Waals surface area contributed by atoms with E-state index in [4.69, 9.17) is 13.8 Å². The SMILES string of the molecule is CC\C=C/C=C/C=C/C=C\C=C\C=C\CCCCCC(=O)OC(/C=C\CCCCCCCCCCC)C(COP(=O)(O)OCC[N+](C)(C)C)NC(=O)CCCCCCCCCCCCCCCCCCCCCCCCCCC. The summed E-state index contributed by atoms with van der Waals surface area (Å²) in [5.41, 5.74) is 0. The maximum absolute atomic E-state index is 13.6. The zero-order chi connectivity index (χ0) is 57.9. The van der Waals surface area contributed by atoms with Gasteiger partial charge in [-0.25, -0.2) is 4.57 Å². The number of carbonyl (C=O) groups is 2. The van der Waals surface area contributed by atoms with Crippen molar-refractivity contribution in [2.24, 2.45) is 0 Å².